The molecule has 21 heteroatoms. The molecule has 65 heavy (non-hydrogen) atoms. The summed E-state index contributed by atoms with van der Waals surface area (Å²) in [6.07, 6.45) is 12.5. The Morgan fingerprint density at radius 3 is 1.25 bits per heavy atom. The summed E-state index contributed by atoms with van der Waals surface area (Å²) in [7, 11) is -4.18. The fourth-order valence-corrected chi connectivity index (χ4v) is 13.1. The van der Waals surface area contributed by atoms with Gasteiger partial charge in [0.25, 0.3) is 0 Å². The molecule has 0 amide bonds. The first kappa shape index (κ1) is 61.0. The van der Waals surface area contributed by atoms with Gasteiger partial charge in [0.1, 0.15) is 25.1 Å². The summed E-state index contributed by atoms with van der Waals surface area (Å²) >= 11 is 12.3. The van der Waals surface area contributed by atoms with Crippen molar-refractivity contribution in [1.82, 2.24) is 0 Å². The average Bonchev–Trinajstić information content (AvgIpc) is 3.23. The fraction of sp³-hybridized carbons (Fsp3) is 0.591. The molecule has 0 aromatic heterocycles. The van der Waals surface area contributed by atoms with E-state index in [2.05, 4.69) is 4.52 Å². The Morgan fingerprint density at radius 2 is 0.954 bits per heavy atom. The van der Waals surface area contributed by atoms with E-state index in [-0.39, 0.29) is 136 Å². The SMILES string of the molecule is CO.COC(=C1C2CC3CC(C2)CC1C3)c1ccc(Cl)c(OP(=O)(OCCC#N)OCCC#N)c1.COC(=C1C2CC3CC(C2)CC1C3)c1ccc(Cl)c(OP(=O)([O-])[O-])c1.C[O-].[Na+].[Na+].[Na+]. The van der Waals surface area contributed by atoms with Crippen molar-refractivity contribution in [2.24, 2.45) is 47.3 Å². The Hall–Kier alpha value is -0.1000. The Kier molecular flexibility index (Phi) is 26.9. The Bertz CT molecular complexity index is 2050. The third-order valence-corrected chi connectivity index (χ3v) is 15.2. The molecule has 2 aromatic rings. The largest absolute Gasteiger partial charge is 1.00 e. The van der Waals surface area contributed by atoms with E-state index in [0.717, 1.165) is 55.0 Å². The predicted molar refractivity (Wildman–Crippen MR) is 228 cm³/mol. The summed E-state index contributed by atoms with van der Waals surface area (Å²) in [5.74, 6) is 7.13. The van der Waals surface area contributed by atoms with Crippen LogP contribution >= 0.6 is 38.8 Å². The van der Waals surface area contributed by atoms with E-state index in [4.69, 9.17) is 67.0 Å². The van der Waals surface area contributed by atoms with Gasteiger partial charge in [-0.25, -0.2) is 4.57 Å². The number of methoxy groups -OCH3 is 2. The van der Waals surface area contributed by atoms with Crippen molar-refractivity contribution in [3.8, 4) is 23.6 Å². The summed E-state index contributed by atoms with van der Waals surface area (Å²) in [5.41, 5.74) is 4.24. The van der Waals surface area contributed by atoms with E-state index >= 15 is 0 Å². The number of halogens is 2. The first-order valence-electron chi connectivity index (χ1n) is 20.9. The fourth-order valence-electron chi connectivity index (χ4n) is 11.1. The number of hydrogen-bond acceptors (Lipinski definition) is 14. The van der Waals surface area contributed by atoms with Crippen molar-refractivity contribution >= 4 is 50.4 Å². The van der Waals surface area contributed by atoms with Crippen molar-refractivity contribution in [3.05, 3.63) is 68.7 Å². The number of phosphoric acid groups is 2. The second kappa shape index (κ2) is 28.7. The zero-order chi connectivity index (χ0) is 45.2. The first-order valence-corrected chi connectivity index (χ1v) is 24.5. The number of phosphoric ester groups is 2. The van der Waals surface area contributed by atoms with Crippen molar-refractivity contribution in [1.29, 1.82) is 10.5 Å². The molecule has 8 saturated carbocycles. The van der Waals surface area contributed by atoms with Gasteiger partial charge >= 0.3 is 96.5 Å². The van der Waals surface area contributed by atoms with Crippen molar-refractivity contribution in [3.63, 3.8) is 0 Å². The third kappa shape index (κ3) is 15.9. The van der Waals surface area contributed by atoms with E-state index in [1.807, 2.05) is 18.2 Å². The topological polar surface area (TPSA) is 227 Å². The zero-order valence-corrected chi connectivity index (χ0v) is 47.8. The van der Waals surface area contributed by atoms with E-state index in [0.29, 0.717) is 29.2 Å². The average molecular weight is 1010 g/mol. The smallest absolute Gasteiger partial charge is 0.857 e. The summed E-state index contributed by atoms with van der Waals surface area (Å²) in [6.45, 7) is -0.257. The Labute approximate surface area is 459 Å². The van der Waals surface area contributed by atoms with Gasteiger partial charge in [0.05, 0.1) is 62.5 Å². The van der Waals surface area contributed by atoms with Crippen LogP contribution in [0.1, 0.15) is 88.2 Å². The van der Waals surface area contributed by atoms with Crippen LogP contribution in [0.3, 0.4) is 0 Å². The van der Waals surface area contributed by atoms with Gasteiger partial charge in [0.15, 0.2) is 5.75 Å². The summed E-state index contributed by atoms with van der Waals surface area (Å²) in [6, 6.07) is 13.9. The minimum atomic E-state index is -5.17. The van der Waals surface area contributed by atoms with E-state index < -0.39 is 15.6 Å². The van der Waals surface area contributed by atoms with Crippen molar-refractivity contribution < 1.29 is 145 Å². The third-order valence-electron chi connectivity index (χ3n) is 12.7. The van der Waals surface area contributed by atoms with Crippen LogP contribution in [0.15, 0.2) is 47.5 Å². The molecular formula is C44H55Cl2N2Na3O12P2. The molecule has 8 aliphatic carbocycles. The molecule has 0 saturated heterocycles. The molecule has 0 atom stereocenters. The van der Waals surface area contributed by atoms with Gasteiger partial charge in [-0.15, -0.1) is 0 Å². The van der Waals surface area contributed by atoms with Gasteiger partial charge in [-0.1, -0.05) is 23.2 Å². The number of aliphatic hydroxyl groups is 1. The molecule has 0 unspecified atom stereocenters. The maximum Gasteiger partial charge on any atom is 1.00 e. The molecule has 10 rings (SSSR count). The van der Waals surface area contributed by atoms with Gasteiger partial charge < -0.3 is 43.1 Å². The maximum atomic E-state index is 13.1. The van der Waals surface area contributed by atoms with Gasteiger partial charge in [0, 0.05) is 18.2 Å². The minimum Gasteiger partial charge on any atom is -0.857 e. The predicted octanol–water partition coefficient (Wildman–Crippen LogP) is -0.541. The van der Waals surface area contributed by atoms with Crippen LogP contribution in [-0.2, 0) is 27.7 Å². The molecule has 0 aliphatic heterocycles. The van der Waals surface area contributed by atoms with Crippen LogP contribution in [-0.4, -0.2) is 46.8 Å². The van der Waals surface area contributed by atoms with Crippen LogP contribution in [0.4, 0.5) is 0 Å². The second-order valence-corrected chi connectivity index (χ2v) is 19.9. The number of rotatable bonds is 14. The molecule has 2 aromatic carbocycles. The molecular weight excluding hydrogens is 950 g/mol. The van der Waals surface area contributed by atoms with Crippen molar-refractivity contribution in [2.45, 2.75) is 77.0 Å². The van der Waals surface area contributed by atoms with Gasteiger partial charge in [0.2, 0.25) is 0 Å². The van der Waals surface area contributed by atoms with E-state index in [1.54, 1.807) is 32.4 Å². The molecule has 0 spiro atoms. The normalized spacial score (nSPS) is 24.8. The molecule has 1 N–H and O–H groups in total. The van der Waals surface area contributed by atoms with Gasteiger partial charge in [-0.3, -0.25) is 9.05 Å². The van der Waals surface area contributed by atoms with E-state index in [9.17, 15) is 18.9 Å². The number of nitrogens with zero attached hydrogens (tertiary/aromatic N) is 2. The molecule has 8 fully saturated rings. The number of hydrogen-bond donors (Lipinski definition) is 1. The minimum absolute atomic E-state index is 0. The number of allylic oxidation sites excluding steroid dienone is 2. The van der Waals surface area contributed by atoms with Crippen LogP contribution in [0.2, 0.25) is 10.0 Å². The second-order valence-electron chi connectivity index (χ2n) is 16.4. The number of benzene rings is 2. The van der Waals surface area contributed by atoms with Crippen LogP contribution in [0.5, 0.6) is 11.5 Å². The molecule has 14 nitrogen and oxygen atoms in total. The quantitative estimate of drug-likeness (QED) is 0.109. The van der Waals surface area contributed by atoms with Crippen LogP contribution in [0, 0.1) is 70.0 Å². The number of ether oxygens (including phenoxy) is 2. The molecule has 0 heterocycles. The van der Waals surface area contributed by atoms with Gasteiger partial charge in [-0.05, 0) is 159 Å². The molecule has 340 valence electrons. The monoisotopic (exact) mass is 1000 g/mol. The molecule has 8 bridgehead atoms. The van der Waals surface area contributed by atoms with Crippen LogP contribution < -0.4 is 113 Å². The first-order chi connectivity index (χ1) is 29.8. The van der Waals surface area contributed by atoms with Crippen LogP contribution in [0.25, 0.3) is 11.5 Å². The zero-order valence-electron chi connectivity index (χ0n) is 38.5. The van der Waals surface area contributed by atoms with E-state index in [1.165, 1.54) is 87.5 Å². The standard InChI is InChI=1S/C24H28ClN2O5P.C18H22ClO5P.CH4O.CH3O.3Na/c1-29-24(23-19-11-16-10-17(13-19)14-20(23)12-16)18-4-5-21(25)22(15-18)32-33(28,30-8-2-6-26)31-9-3-7-27;1-23-18(12-2-3-15(19)16(9-12)24-25(20,21)22)17-13-5-10-4-11(7-13)8-14(17)6-10;2*1-2;;;/h4-5,15-17,19-20H,2-3,8-14H2,1H3;2-3,9-11,13-14H,4-8H2,1H3,(H2,20,21,22);2H,1H3;1H3;;;/q;;;-1;3*+1/p-2. The van der Waals surface area contributed by atoms with Crippen molar-refractivity contribution in [2.75, 3.05) is 41.7 Å². The Morgan fingerprint density at radius 1 is 0.631 bits per heavy atom. The van der Waals surface area contributed by atoms with Gasteiger partial charge in [-0.2, -0.15) is 17.6 Å². The molecule has 8 aliphatic rings. The summed E-state index contributed by atoms with van der Waals surface area (Å²) < 4.78 is 56.5. The Balaban J connectivity index is 0.000000408. The molecule has 0 radical (unpaired) electrons. The number of aliphatic hydroxyl groups excluding tert-OH is 1. The summed E-state index contributed by atoms with van der Waals surface area (Å²) in [4.78, 5) is 21.9. The number of nitriles is 2. The maximum absolute atomic E-state index is 13.1. The summed E-state index contributed by atoms with van der Waals surface area (Å²) in [5, 5.41) is 33.1.